The summed E-state index contributed by atoms with van der Waals surface area (Å²) in [6.45, 7) is 9.94. The molecule has 0 radical (unpaired) electrons. The summed E-state index contributed by atoms with van der Waals surface area (Å²) >= 11 is 0. The molecule has 152 valence electrons. The molecule has 0 aliphatic heterocycles. The normalized spacial score (nSPS) is 11.9. The zero-order valence-electron chi connectivity index (χ0n) is 16.8. The molecule has 0 heterocycles. The highest BCUT2D eigenvalue weighted by Crippen LogP contribution is 2.15. The van der Waals surface area contributed by atoms with Gasteiger partial charge < -0.3 is 20.3 Å². The van der Waals surface area contributed by atoms with Crippen LogP contribution in [-0.2, 0) is 9.53 Å². The molecule has 0 saturated heterocycles. The van der Waals surface area contributed by atoms with E-state index in [9.17, 15) is 4.79 Å². The number of halogens is 1. The number of aliphatic imine (C=N–C) groups is 1. The summed E-state index contributed by atoms with van der Waals surface area (Å²) in [6.07, 6.45) is 0.913. The lowest BCUT2D eigenvalue weighted by atomic mass is 10.1. The van der Waals surface area contributed by atoms with Gasteiger partial charge in [-0.3, -0.25) is 4.79 Å². The van der Waals surface area contributed by atoms with Crippen molar-refractivity contribution in [3.05, 3.63) is 48.0 Å². The molecule has 0 aromatic heterocycles. The summed E-state index contributed by atoms with van der Waals surface area (Å²) in [5.74, 6) is 0.570. The first kappa shape index (κ1) is 25.4. The molecule has 0 bridgehead atoms. The number of benzene rings is 1. The first-order valence-electron chi connectivity index (χ1n) is 8.93. The largest absolute Gasteiger partial charge is 0.374 e. The van der Waals surface area contributed by atoms with Crippen molar-refractivity contribution >= 4 is 35.8 Å². The molecule has 6 nitrogen and oxygen atoms in total. The second-order valence-corrected chi connectivity index (χ2v) is 6.47. The minimum absolute atomic E-state index is 0. The lowest BCUT2D eigenvalue weighted by Gasteiger charge is -2.15. The Balaban J connectivity index is 0.00000676. The van der Waals surface area contributed by atoms with Crippen molar-refractivity contribution in [2.45, 2.75) is 26.4 Å². The van der Waals surface area contributed by atoms with Crippen LogP contribution in [-0.4, -0.2) is 57.1 Å². The molecule has 0 fully saturated rings. The van der Waals surface area contributed by atoms with Gasteiger partial charge in [0.2, 0.25) is 5.91 Å². The zero-order chi connectivity index (χ0) is 19.4. The van der Waals surface area contributed by atoms with Gasteiger partial charge in [0.1, 0.15) is 6.54 Å². The number of likely N-dealkylation sites (N-methyl/N-ethyl adjacent to an activating group) is 1. The third-order valence-corrected chi connectivity index (χ3v) is 3.68. The highest BCUT2D eigenvalue weighted by atomic mass is 127. The summed E-state index contributed by atoms with van der Waals surface area (Å²) in [7, 11) is 3.44. The quantitative estimate of drug-likeness (QED) is 0.175. The van der Waals surface area contributed by atoms with E-state index >= 15 is 0 Å². The number of ether oxygens (including phenoxy) is 1. The number of carbonyl (C=O) groups excluding carboxylic acids is 1. The Morgan fingerprint density at radius 3 is 2.52 bits per heavy atom. The summed E-state index contributed by atoms with van der Waals surface area (Å²) < 4.78 is 5.86. The van der Waals surface area contributed by atoms with E-state index < -0.39 is 0 Å². The lowest BCUT2D eigenvalue weighted by molar-refractivity contribution is -0.127. The van der Waals surface area contributed by atoms with Crippen LogP contribution in [0.5, 0.6) is 0 Å². The number of hydrogen-bond donors (Lipinski definition) is 2. The van der Waals surface area contributed by atoms with Gasteiger partial charge in [-0.15, -0.1) is 24.0 Å². The van der Waals surface area contributed by atoms with Crippen molar-refractivity contribution < 1.29 is 9.53 Å². The third kappa shape index (κ3) is 11.7. The topological polar surface area (TPSA) is 66.0 Å². The van der Waals surface area contributed by atoms with Gasteiger partial charge in [-0.2, -0.15) is 0 Å². The van der Waals surface area contributed by atoms with E-state index in [1.54, 1.807) is 14.1 Å². The Labute approximate surface area is 180 Å². The van der Waals surface area contributed by atoms with Crippen molar-refractivity contribution in [1.29, 1.82) is 0 Å². The van der Waals surface area contributed by atoms with Crippen LogP contribution >= 0.6 is 24.0 Å². The van der Waals surface area contributed by atoms with Gasteiger partial charge in [-0.1, -0.05) is 42.5 Å². The Hall–Kier alpha value is -1.61. The van der Waals surface area contributed by atoms with Gasteiger partial charge >= 0.3 is 0 Å². The van der Waals surface area contributed by atoms with Gasteiger partial charge in [0.25, 0.3) is 0 Å². The predicted molar refractivity (Wildman–Crippen MR) is 123 cm³/mol. The minimum Gasteiger partial charge on any atom is -0.374 e. The molecule has 7 heteroatoms. The van der Waals surface area contributed by atoms with Gasteiger partial charge in [-0.25, -0.2) is 4.99 Å². The Kier molecular flexibility index (Phi) is 13.6. The number of rotatable bonds is 10. The standard InChI is InChI=1S/C20H32N4O2.HI/c1-16(2)14-22-20(23-15-19(25)24(4)5)21-12-9-13-26-17(3)18-10-7-6-8-11-18;/h6-8,10-11,17H,1,9,12-15H2,2-5H3,(H2,21,22,23);1H. The molecule has 1 amide bonds. The average molecular weight is 488 g/mol. The number of nitrogens with one attached hydrogen (secondary N) is 2. The van der Waals surface area contributed by atoms with Crippen LogP contribution in [0.2, 0.25) is 0 Å². The van der Waals surface area contributed by atoms with Crippen LogP contribution in [0.25, 0.3) is 0 Å². The smallest absolute Gasteiger partial charge is 0.243 e. The summed E-state index contributed by atoms with van der Waals surface area (Å²) in [5.41, 5.74) is 2.17. The van der Waals surface area contributed by atoms with Gasteiger partial charge in [0.15, 0.2) is 5.96 Å². The van der Waals surface area contributed by atoms with Gasteiger partial charge in [0.05, 0.1) is 6.10 Å². The van der Waals surface area contributed by atoms with Crippen LogP contribution < -0.4 is 10.6 Å². The second-order valence-electron chi connectivity index (χ2n) is 6.47. The number of carbonyl (C=O) groups is 1. The number of amides is 1. The molecule has 0 aliphatic carbocycles. The molecule has 2 N–H and O–H groups in total. The fourth-order valence-corrected chi connectivity index (χ4v) is 2.06. The predicted octanol–water partition coefficient (Wildman–Crippen LogP) is 2.97. The fourth-order valence-electron chi connectivity index (χ4n) is 2.06. The maximum Gasteiger partial charge on any atom is 0.243 e. The monoisotopic (exact) mass is 488 g/mol. The highest BCUT2D eigenvalue weighted by Gasteiger charge is 2.06. The number of nitrogens with zero attached hydrogens (tertiary/aromatic N) is 2. The molecular formula is C20H33IN4O2. The van der Waals surface area contributed by atoms with Crippen LogP contribution in [0.4, 0.5) is 0 Å². The molecule has 27 heavy (non-hydrogen) atoms. The van der Waals surface area contributed by atoms with Crippen molar-refractivity contribution in [2.75, 3.05) is 40.3 Å². The highest BCUT2D eigenvalue weighted by molar-refractivity contribution is 14.0. The molecule has 1 unspecified atom stereocenters. The number of guanidine groups is 1. The van der Waals surface area contributed by atoms with Crippen LogP contribution in [0.3, 0.4) is 0 Å². The molecule has 0 spiro atoms. The van der Waals surface area contributed by atoms with E-state index in [4.69, 9.17) is 4.74 Å². The summed E-state index contributed by atoms with van der Waals surface area (Å²) in [6, 6.07) is 10.2. The molecular weight excluding hydrogens is 455 g/mol. The number of hydrogen-bond acceptors (Lipinski definition) is 3. The summed E-state index contributed by atoms with van der Waals surface area (Å²) in [5, 5.41) is 6.40. The SMILES string of the molecule is C=C(C)CNC(=NCC(=O)N(C)C)NCCCOC(C)c1ccccc1.I. The molecule has 1 rings (SSSR count). The minimum atomic E-state index is -0.0403. The maximum absolute atomic E-state index is 11.7. The Bertz CT molecular complexity index is 591. The summed E-state index contributed by atoms with van der Waals surface area (Å²) in [4.78, 5) is 17.5. The first-order valence-corrected chi connectivity index (χ1v) is 8.93. The van der Waals surface area contributed by atoms with Gasteiger partial charge in [-0.05, 0) is 25.8 Å². The van der Waals surface area contributed by atoms with E-state index in [0.717, 1.165) is 12.0 Å². The van der Waals surface area contributed by atoms with E-state index in [1.165, 1.54) is 10.5 Å². The van der Waals surface area contributed by atoms with E-state index in [-0.39, 0.29) is 42.5 Å². The van der Waals surface area contributed by atoms with Gasteiger partial charge in [0, 0.05) is 33.8 Å². The van der Waals surface area contributed by atoms with Crippen LogP contribution in [0, 0.1) is 0 Å². The van der Waals surface area contributed by atoms with E-state index in [2.05, 4.69) is 41.3 Å². The average Bonchev–Trinajstić information content (AvgIpc) is 2.62. The van der Waals surface area contributed by atoms with Crippen molar-refractivity contribution in [3.8, 4) is 0 Å². The van der Waals surface area contributed by atoms with E-state index in [0.29, 0.717) is 25.7 Å². The fraction of sp³-hybridized carbons (Fsp3) is 0.500. The van der Waals surface area contributed by atoms with E-state index in [1.807, 2.05) is 25.1 Å². The molecule has 0 aliphatic rings. The van der Waals surface area contributed by atoms with Crippen molar-refractivity contribution in [3.63, 3.8) is 0 Å². The lowest BCUT2D eigenvalue weighted by Crippen LogP contribution is -2.40. The van der Waals surface area contributed by atoms with Crippen LogP contribution in [0.1, 0.15) is 31.9 Å². The Morgan fingerprint density at radius 1 is 1.26 bits per heavy atom. The third-order valence-electron chi connectivity index (χ3n) is 3.68. The molecule has 1 aromatic carbocycles. The molecule has 1 aromatic rings. The zero-order valence-corrected chi connectivity index (χ0v) is 19.2. The first-order chi connectivity index (χ1) is 12.4. The van der Waals surface area contributed by atoms with Crippen molar-refractivity contribution in [2.24, 2.45) is 4.99 Å². The Morgan fingerprint density at radius 2 is 1.93 bits per heavy atom. The maximum atomic E-state index is 11.7. The molecule has 1 atom stereocenters. The second kappa shape index (κ2) is 14.4. The molecule has 0 saturated carbocycles. The van der Waals surface area contributed by atoms with Crippen molar-refractivity contribution in [1.82, 2.24) is 15.5 Å². The van der Waals surface area contributed by atoms with Crippen LogP contribution in [0.15, 0.2) is 47.5 Å².